The number of amides is 1. The maximum atomic E-state index is 11.7. The van der Waals surface area contributed by atoms with E-state index in [1.807, 2.05) is 20.8 Å². The van der Waals surface area contributed by atoms with E-state index in [0.29, 0.717) is 26.2 Å². The quantitative estimate of drug-likeness (QED) is 0.811. The van der Waals surface area contributed by atoms with Gasteiger partial charge in [-0.15, -0.1) is 0 Å². The molecule has 0 aromatic heterocycles. The van der Waals surface area contributed by atoms with Crippen LogP contribution >= 0.6 is 0 Å². The Kier molecular flexibility index (Phi) is 4.38. The zero-order chi connectivity index (χ0) is 13.1. The maximum absolute atomic E-state index is 11.7. The lowest BCUT2D eigenvalue weighted by Gasteiger charge is -2.48. The van der Waals surface area contributed by atoms with E-state index in [-0.39, 0.29) is 11.7 Å². The zero-order valence-corrected chi connectivity index (χ0v) is 11.3. The van der Waals surface area contributed by atoms with Gasteiger partial charge in [0.2, 0.25) is 0 Å². The van der Waals surface area contributed by atoms with Gasteiger partial charge in [-0.3, -0.25) is 0 Å². The molecule has 0 saturated carbocycles. The number of nitrogens with zero attached hydrogens (tertiary/aromatic N) is 1. The van der Waals surface area contributed by atoms with E-state index in [9.17, 15) is 4.79 Å². The lowest BCUT2D eigenvalue weighted by molar-refractivity contribution is -0.133. The van der Waals surface area contributed by atoms with Gasteiger partial charge in [0.25, 0.3) is 0 Å². The molecule has 100 valence electrons. The van der Waals surface area contributed by atoms with Gasteiger partial charge in [0.1, 0.15) is 11.2 Å². The molecule has 0 bridgehead atoms. The van der Waals surface area contributed by atoms with Gasteiger partial charge in [-0.1, -0.05) is 6.92 Å². The molecule has 0 aromatic carbocycles. The van der Waals surface area contributed by atoms with Crippen LogP contribution in [0, 0.1) is 0 Å². The van der Waals surface area contributed by atoms with Crippen LogP contribution in [0.4, 0.5) is 4.79 Å². The summed E-state index contributed by atoms with van der Waals surface area (Å²) in [6.45, 7) is 9.79. The van der Waals surface area contributed by atoms with Gasteiger partial charge in [-0.05, 0) is 27.2 Å². The van der Waals surface area contributed by atoms with Crippen molar-refractivity contribution in [3.05, 3.63) is 0 Å². The maximum Gasteiger partial charge on any atom is 0.410 e. The van der Waals surface area contributed by atoms with Crippen molar-refractivity contribution < 1.29 is 14.3 Å². The summed E-state index contributed by atoms with van der Waals surface area (Å²) in [6, 6.07) is 0. The van der Waals surface area contributed by atoms with Crippen molar-refractivity contribution in [3.63, 3.8) is 0 Å². The first-order valence-electron chi connectivity index (χ1n) is 6.14. The van der Waals surface area contributed by atoms with Crippen LogP contribution in [0.3, 0.4) is 0 Å². The molecule has 1 amide bonds. The Balaban J connectivity index is 2.40. The standard InChI is InChI=1S/C12H24N2O3/c1-5-6-16-12(7-13)8-14(9-12)10(15)17-11(2,3)4/h5-9,13H2,1-4H3. The average molecular weight is 244 g/mol. The molecule has 0 aliphatic carbocycles. The van der Waals surface area contributed by atoms with Crippen molar-refractivity contribution in [2.45, 2.75) is 45.3 Å². The Morgan fingerprint density at radius 3 is 2.41 bits per heavy atom. The fourth-order valence-electron chi connectivity index (χ4n) is 1.70. The smallest absolute Gasteiger partial charge is 0.410 e. The molecule has 1 heterocycles. The molecule has 1 saturated heterocycles. The van der Waals surface area contributed by atoms with E-state index < -0.39 is 5.60 Å². The lowest BCUT2D eigenvalue weighted by Crippen LogP contribution is -2.68. The predicted molar refractivity (Wildman–Crippen MR) is 65.8 cm³/mol. The van der Waals surface area contributed by atoms with Crippen molar-refractivity contribution in [1.82, 2.24) is 4.90 Å². The van der Waals surface area contributed by atoms with Gasteiger partial charge in [0.05, 0.1) is 13.1 Å². The van der Waals surface area contributed by atoms with Crippen molar-refractivity contribution in [2.75, 3.05) is 26.2 Å². The second-order valence-electron chi connectivity index (χ2n) is 5.57. The van der Waals surface area contributed by atoms with E-state index in [2.05, 4.69) is 6.92 Å². The van der Waals surface area contributed by atoms with E-state index in [4.69, 9.17) is 15.2 Å². The summed E-state index contributed by atoms with van der Waals surface area (Å²) in [5.74, 6) is 0. The molecule has 0 unspecified atom stereocenters. The fraction of sp³-hybridized carbons (Fsp3) is 0.917. The van der Waals surface area contributed by atoms with Crippen LogP contribution in [0.2, 0.25) is 0 Å². The van der Waals surface area contributed by atoms with Crippen molar-refractivity contribution in [2.24, 2.45) is 5.73 Å². The predicted octanol–water partition coefficient (Wildman–Crippen LogP) is 1.36. The number of rotatable bonds is 4. The molecule has 5 heteroatoms. The number of hydrogen-bond acceptors (Lipinski definition) is 4. The molecule has 1 aliphatic heterocycles. The Labute approximate surface area is 103 Å². The Morgan fingerprint density at radius 2 is 2.00 bits per heavy atom. The Hall–Kier alpha value is -0.810. The highest BCUT2D eigenvalue weighted by Crippen LogP contribution is 2.26. The Bertz CT molecular complexity index is 267. The van der Waals surface area contributed by atoms with E-state index in [0.717, 1.165) is 6.42 Å². The minimum absolute atomic E-state index is 0.290. The summed E-state index contributed by atoms with van der Waals surface area (Å²) in [7, 11) is 0. The molecule has 0 atom stereocenters. The molecule has 0 radical (unpaired) electrons. The third-order valence-electron chi connectivity index (χ3n) is 2.59. The molecule has 1 fully saturated rings. The first kappa shape index (κ1) is 14.3. The summed E-state index contributed by atoms with van der Waals surface area (Å²) in [5.41, 5.74) is 4.89. The van der Waals surface area contributed by atoms with Crippen molar-refractivity contribution in [1.29, 1.82) is 0 Å². The molecular formula is C12H24N2O3. The van der Waals surface area contributed by atoms with Crippen LogP contribution in [0.25, 0.3) is 0 Å². The summed E-state index contributed by atoms with van der Waals surface area (Å²) in [5, 5.41) is 0. The molecular weight excluding hydrogens is 220 g/mol. The third-order valence-corrected chi connectivity index (χ3v) is 2.59. The zero-order valence-electron chi connectivity index (χ0n) is 11.3. The minimum Gasteiger partial charge on any atom is -0.444 e. The second-order valence-corrected chi connectivity index (χ2v) is 5.57. The van der Waals surface area contributed by atoms with Gasteiger partial charge in [0, 0.05) is 13.2 Å². The highest BCUT2D eigenvalue weighted by atomic mass is 16.6. The highest BCUT2D eigenvalue weighted by molar-refractivity contribution is 5.69. The van der Waals surface area contributed by atoms with E-state index in [1.165, 1.54) is 0 Å². The number of carbonyl (C=O) groups excluding carboxylic acids is 1. The fourth-order valence-corrected chi connectivity index (χ4v) is 1.70. The molecule has 1 aliphatic rings. The third kappa shape index (κ3) is 3.85. The van der Waals surface area contributed by atoms with E-state index in [1.54, 1.807) is 4.90 Å². The van der Waals surface area contributed by atoms with Gasteiger partial charge in [0.15, 0.2) is 0 Å². The number of likely N-dealkylation sites (tertiary alicyclic amines) is 1. The van der Waals surface area contributed by atoms with Gasteiger partial charge < -0.3 is 20.1 Å². The first-order chi connectivity index (χ1) is 7.82. The van der Waals surface area contributed by atoms with Crippen LogP contribution in [0.5, 0.6) is 0 Å². The number of nitrogens with two attached hydrogens (primary N) is 1. The number of carbonyl (C=O) groups is 1. The van der Waals surface area contributed by atoms with E-state index >= 15 is 0 Å². The van der Waals surface area contributed by atoms with Crippen LogP contribution in [-0.2, 0) is 9.47 Å². The van der Waals surface area contributed by atoms with Gasteiger partial charge >= 0.3 is 6.09 Å². The number of hydrogen-bond donors (Lipinski definition) is 1. The van der Waals surface area contributed by atoms with Crippen molar-refractivity contribution in [3.8, 4) is 0 Å². The summed E-state index contributed by atoms with van der Waals surface area (Å²) in [6.07, 6.45) is 0.662. The minimum atomic E-state index is -0.456. The topological polar surface area (TPSA) is 64.8 Å². The SMILES string of the molecule is CCCOC1(CN)CN(C(=O)OC(C)(C)C)C1. The van der Waals surface area contributed by atoms with Crippen LogP contribution < -0.4 is 5.73 Å². The summed E-state index contributed by atoms with van der Waals surface area (Å²) in [4.78, 5) is 13.4. The van der Waals surface area contributed by atoms with Crippen LogP contribution in [-0.4, -0.2) is 48.4 Å². The van der Waals surface area contributed by atoms with Gasteiger partial charge in [-0.25, -0.2) is 4.79 Å². The monoisotopic (exact) mass is 244 g/mol. The molecule has 2 N–H and O–H groups in total. The summed E-state index contributed by atoms with van der Waals surface area (Å²) < 4.78 is 11.0. The lowest BCUT2D eigenvalue weighted by atomic mass is 9.94. The molecule has 0 spiro atoms. The normalized spacial score (nSPS) is 18.8. The largest absolute Gasteiger partial charge is 0.444 e. The Morgan fingerprint density at radius 1 is 1.41 bits per heavy atom. The molecule has 5 nitrogen and oxygen atoms in total. The first-order valence-corrected chi connectivity index (χ1v) is 6.14. The second kappa shape index (κ2) is 5.23. The van der Waals surface area contributed by atoms with Crippen LogP contribution in [0.1, 0.15) is 34.1 Å². The van der Waals surface area contributed by atoms with Gasteiger partial charge in [-0.2, -0.15) is 0 Å². The van der Waals surface area contributed by atoms with Crippen LogP contribution in [0.15, 0.2) is 0 Å². The number of ether oxygens (including phenoxy) is 2. The highest BCUT2D eigenvalue weighted by Gasteiger charge is 2.46. The average Bonchev–Trinajstić information content (AvgIpc) is 2.14. The molecule has 0 aromatic rings. The molecule has 17 heavy (non-hydrogen) atoms. The molecule has 1 rings (SSSR count). The summed E-state index contributed by atoms with van der Waals surface area (Å²) >= 11 is 0. The van der Waals surface area contributed by atoms with Crippen molar-refractivity contribution >= 4 is 6.09 Å².